The van der Waals surface area contributed by atoms with Crippen LogP contribution in [0.3, 0.4) is 0 Å². The van der Waals surface area contributed by atoms with E-state index in [-0.39, 0.29) is 16.2 Å². The first-order valence-corrected chi connectivity index (χ1v) is 7.63. The lowest BCUT2D eigenvalue weighted by atomic mass is 10.2. The van der Waals surface area contributed by atoms with Crippen LogP contribution < -0.4 is 8.92 Å². The maximum atomic E-state index is 12.1. The van der Waals surface area contributed by atoms with E-state index in [9.17, 15) is 8.42 Å². The standard InChI is InChI=1S/C15H13NO4S/c1-2-19-13-6-8-14(9-7-13)20-21(17,18)15-5-3-4-12(10-15)11-16/h3-10H,2H2,1H3. The zero-order valence-electron chi connectivity index (χ0n) is 11.3. The molecular formula is C15H13NO4S. The molecule has 2 aromatic carbocycles. The Bertz CT molecular complexity index is 761. The lowest BCUT2D eigenvalue weighted by Gasteiger charge is -2.08. The van der Waals surface area contributed by atoms with E-state index in [4.69, 9.17) is 14.2 Å². The fourth-order valence-corrected chi connectivity index (χ4v) is 2.63. The minimum Gasteiger partial charge on any atom is -0.494 e. The molecule has 0 spiro atoms. The molecule has 0 aromatic heterocycles. The summed E-state index contributed by atoms with van der Waals surface area (Å²) in [6, 6.07) is 13.8. The van der Waals surface area contributed by atoms with Gasteiger partial charge in [-0.1, -0.05) is 6.07 Å². The lowest BCUT2D eigenvalue weighted by molar-refractivity contribution is 0.340. The van der Waals surface area contributed by atoms with E-state index in [2.05, 4.69) is 0 Å². The summed E-state index contributed by atoms with van der Waals surface area (Å²) >= 11 is 0. The number of rotatable bonds is 5. The Hall–Kier alpha value is -2.52. The number of hydrogen-bond acceptors (Lipinski definition) is 5. The predicted octanol–water partition coefficient (Wildman–Crippen LogP) is 2.72. The first-order chi connectivity index (χ1) is 10.0. The quantitative estimate of drug-likeness (QED) is 0.794. The average molecular weight is 303 g/mol. The average Bonchev–Trinajstić information content (AvgIpc) is 2.49. The van der Waals surface area contributed by atoms with E-state index >= 15 is 0 Å². The van der Waals surface area contributed by atoms with Crippen molar-refractivity contribution in [2.45, 2.75) is 11.8 Å². The Morgan fingerprint density at radius 2 is 1.76 bits per heavy atom. The Balaban J connectivity index is 2.22. The zero-order chi connectivity index (χ0) is 15.3. The highest BCUT2D eigenvalue weighted by Crippen LogP contribution is 2.22. The molecule has 0 N–H and O–H groups in total. The van der Waals surface area contributed by atoms with Gasteiger partial charge in [0, 0.05) is 0 Å². The van der Waals surface area contributed by atoms with Gasteiger partial charge in [0.15, 0.2) is 0 Å². The molecule has 0 saturated carbocycles. The molecule has 0 fully saturated rings. The van der Waals surface area contributed by atoms with Crippen molar-refractivity contribution in [3.05, 3.63) is 54.1 Å². The van der Waals surface area contributed by atoms with Gasteiger partial charge in [-0.2, -0.15) is 13.7 Å². The Kier molecular flexibility index (Phi) is 4.45. The highest BCUT2D eigenvalue weighted by molar-refractivity contribution is 7.87. The first-order valence-electron chi connectivity index (χ1n) is 6.22. The number of hydrogen-bond donors (Lipinski definition) is 0. The molecular weight excluding hydrogens is 290 g/mol. The highest BCUT2D eigenvalue weighted by Gasteiger charge is 2.17. The summed E-state index contributed by atoms with van der Waals surface area (Å²) in [7, 11) is -3.96. The summed E-state index contributed by atoms with van der Waals surface area (Å²) in [4.78, 5) is -0.0598. The molecule has 108 valence electrons. The molecule has 0 atom stereocenters. The number of nitrogens with zero attached hydrogens (tertiary/aromatic N) is 1. The van der Waals surface area contributed by atoms with Crippen molar-refractivity contribution < 1.29 is 17.3 Å². The van der Waals surface area contributed by atoms with E-state index in [1.807, 2.05) is 13.0 Å². The lowest BCUT2D eigenvalue weighted by Crippen LogP contribution is -2.09. The summed E-state index contributed by atoms with van der Waals surface area (Å²) in [5, 5.41) is 8.80. The molecule has 0 saturated heterocycles. The van der Waals surface area contributed by atoms with E-state index in [1.165, 1.54) is 36.4 Å². The van der Waals surface area contributed by atoms with E-state index in [0.717, 1.165) is 0 Å². The van der Waals surface area contributed by atoms with Gasteiger partial charge in [0.2, 0.25) is 0 Å². The number of benzene rings is 2. The van der Waals surface area contributed by atoms with Gasteiger partial charge in [-0.15, -0.1) is 0 Å². The Labute approximate surface area is 123 Å². The van der Waals surface area contributed by atoms with Crippen LogP contribution in [0.2, 0.25) is 0 Å². The van der Waals surface area contributed by atoms with Crippen LogP contribution in [-0.4, -0.2) is 15.0 Å². The van der Waals surface area contributed by atoms with Crippen LogP contribution in [0.25, 0.3) is 0 Å². The second kappa shape index (κ2) is 6.29. The van der Waals surface area contributed by atoms with Crippen LogP contribution in [-0.2, 0) is 10.1 Å². The fourth-order valence-electron chi connectivity index (χ4n) is 1.65. The summed E-state index contributed by atoms with van der Waals surface area (Å²) in [6.45, 7) is 2.39. The molecule has 0 aliphatic carbocycles. The molecule has 0 amide bonds. The largest absolute Gasteiger partial charge is 0.494 e. The van der Waals surface area contributed by atoms with Crippen LogP contribution >= 0.6 is 0 Å². The van der Waals surface area contributed by atoms with Crippen LogP contribution in [0.5, 0.6) is 11.5 Å². The molecule has 0 bridgehead atoms. The minimum absolute atomic E-state index is 0.0598. The van der Waals surface area contributed by atoms with Crippen molar-refractivity contribution in [3.63, 3.8) is 0 Å². The summed E-state index contributed by atoms with van der Waals surface area (Å²) in [5.41, 5.74) is 0.256. The van der Waals surface area contributed by atoms with E-state index in [0.29, 0.717) is 12.4 Å². The third-order valence-corrected chi connectivity index (χ3v) is 3.84. The second-order valence-electron chi connectivity index (χ2n) is 4.08. The van der Waals surface area contributed by atoms with Crippen molar-refractivity contribution in [3.8, 4) is 17.6 Å². The molecule has 0 radical (unpaired) electrons. The number of ether oxygens (including phenoxy) is 1. The highest BCUT2D eigenvalue weighted by atomic mass is 32.2. The predicted molar refractivity (Wildman–Crippen MR) is 76.6 cm³/mol. The molecule has 0 heterocycles. The molecule has 0 aliphatic heterocycles. The summed E-state index contributed by atoms with van der Waals surface area (Å²) < 4.78 is 34.5. The van der Waals surface area contributed by atoms with Crippen molar-refractivity contribution in [2.24, 2.45) is 0 Å². The minimum atomic E-state index is -3.96. The fraction of sp³-hybridized carbons (Fsp3) is 0.133. The van der Waals surface area contributed by atoms with Gasteiger partial charge in [0.1, 0.15) is 16.4 Å². The molecule has 5 nitrogen and oxygen atoms in total. The van der Waals surface area contributed by atoms with Gasteiger partial charge in [-0.05, 0) is 49.4 Å². The molecule has 21 heavy (non-hydrogen) atoms. The van der Waals surface area contributed by atoms with Crippen LogP contribution in [0, 0.1) is 11.3 Å². The molecule has 6 heteroatoms. The topological polar surface area (TPSA) is 76.4 Å². The monoisotopic (exact) mass is 303 g/mol. The number of nitriles is 1. The van der Waals surface area contributed by atoms with Crippen molar-refractivity contribution in [2.75, 3.05) is 6.61 Å². The van der Waals surface area contributed by atoms with Gasteiger partial charge in [0.05, 0.1) is 18.2 Å². The van der Waals surface area contributed by atoms with E-state index < -0.39 is 10.1 Å². The SMILES string of the molecule is CCOc1ccc(OS(=O)(=O)c2cccc(C#N)c2)cc1. The second-order valence-corrected chi connectivity index (χ2v) is 5.63. The van der Waals surface area contributed by atoms with Gasteiger partial charge in [-0.3, -0.25) is 0 Å². The van der Waals surface area contributed by atoms with Crippen molar-refractivity contribution >= 4 is 10.1 Å². The van der Waals surface area contributed by atoms with Gasteiger partial charge >= 0.3 is 10.1 Å². The van der Waals surface area contributed by atoms with Crippen molar-refractivity contribution in [1.82, 2.24) is 0 Å². The molecule has 0 unspecified atom stereocenters. The summed E-state index contributed by atoms with van der Waals surface area (Å²) in [6.07, 6.45) is 0. The van der Waals surface area contributed by atoms with Gasteiger partial charge < -0.3 is 8.92 Å². The van der Waals surface area contributed by atoms with E-state index in [1.54, 1.807) is 12.1 Å². The Morgan fingerprint density at radius 3 is 2.38 bits per heavy atom. The maximum absolute atomic E-state index is 12.1. The molecule has 0 aliphatic rings. The van der Waals surface area contributed by atoms with Gasteiger partial charge in [0.25, 0.3) is 0 Å². The van der Waals surface area contributed by atoms with Gasteiger partial charge in [-0.25, -0.2) is 0 Å². The Morgan fingerprint density at radius 1 is 1.10 bits per heavy atom. The van der Waals surface area contributed by atoms with Crippen LogP contribution in [0.15, 0.2) is 53.4 Å². The van der Waals surface area contributed by atoms with Crippen LogP contribution in [0.4, 0.5) is 0 Å². The van der Waals surface area contributed by atoms with Crippen LogP contribution in [0.1, 0.15) is 12.5 Å². The zero-order valence-corrected chi connectivity index (χ0v) is 12.1. The van der Waals surface area contributed by atoms with Crippen molar-refractivity contribution in [1.29, 1.82) is 5.26 Å². The smallest absolute Gasteiger partial charge is 0.339 e. The normalized spacial score (nSPS) is 10.7. The third-order valence-electron chi connectivity index (χ3n) is 2.59. The molecule has 2 rings (SSSR count). The molecule has 2 aromatic rings. The third kappa shape index (κ3) is 3.74. The maximum Gasteiger partial charge on any atom is 0.339 e. The summed E-state index contributed by atoms with van der Waals surface area (Å²) in [5.74, 6) is 0.814. The first kappa shape index (κ1) is 14.9.